The number of methoxy groups -OCH3 is 1. The average Bonchev–Trinajstić information content (AvgIpc) is 4.10. The summed E-state index contributed by atoms with van der Waals surface area (Å²) in [7, 11) is 1.52. The van der Waals surface area contributed by atoms with Gasteiger partial charge in [0.1, 0.15) is 18.6 Å². The van der Waals surface area contributed by atoms with Crippen LogP contribution in [0.15, 0.2) is 82.6 Å². The third-order valence-electron chi connectivity index (χ3n) is 14.9. The number of rotatable bonds is 11. The lowest BCUT2D eigenvalue weighted by atomic mass is 9.87. The van der Waals surface area contributed by atoms with Gasteiger partial charge in [-0.05, 0) is 74.1 Å². The molecule has 10 rings (SSSR count). The summed E-state index contributed by atoms with van der Waals surface area (Å²) in [5.74, 6) is -5.71. The van der Waals surface area contributed by atoms with Crippen molar-refractivity contribution < 1.29 is 54.6 Å². The zero-order chi connectivity index (χ0) is 56.1. The monoisotopic (exact) mass is 1110 g/mol. The topological polar surface area (TPSA) is 219 Å². The summed E-state index contributed by atoms with van der Waals surface area (Å²) in [6.07, 6.45) is 0.657. The van der Waals surface area contributed by atoms with Crippen molar-refractivity contribution in [2.75, 3.05) is 79.2 Å². The van der Waals surface area contributed by atoms with Crippen molar-refractivity contribution >= 4 is 46.2 Å². The maximum absolute atomic E-state index is 14.6. The van der Waals surface area contributed by atoms with Gasteiger partial charge in [-0.25, -0.2) is 46.7 Å². The number of nitrogens with zero attached hydrogens (tertiary/aromatic N) is 9. The smallest absolute Gasteiger partial charge is 0.383 e. The summed E-state index contributed by atoms with van der Waals surface area (Å²) in [6, 6.07) is 11.2. The van der Waals surface area contributed by atoms with E-state index in [1.807, 2.05) is 6.07 Å². The molecule has 20 nitrogen and oxygen atoms in total. The quantitative estimate of drug-likeness (QED) is 0.127. The van der Waals surface area contributed by atoms with Gasteiger partial charge >= 0.3 is 29.6 Å². The summed E-state index contributed by atoms with van der Waals surface area (Å²) in [4.78, 5) is 98.2. The lowest BCUT2D eigenvalue weighted by Crippen LogP contribution is -2.57. The van der Waals surface area contributed by atoms with Crippen LogP contribution in [-0.4, -0.2) is 175 Å². The molecule has 6 aromatic rings. The third-order valence-corrected chi connectivity index (χ3v) is 14.9. The van der Waals surface area contributed by atoms with Crippen LogP contribution in [0.1, 0.15) is 61.2 Å². The first-order valence-corrected chi connectivity index (χ1v) is 25.8. The van der Waals surface area contributed by atoms with Gasteiger partial charge in [0.2, 0.25) is 11.8 Å². The first-order valence-electron chi connectivity index (χ1n) is 25.8. The number of carbonyl (C=O) groups is 4. The minimum absolute atomic E-state index is 0.0170. The van der Waals surface area contributed by atoms with Crippen molar-refractivity contribution in [3.8, 4) is 0 Å². The Hall–Kier alpha value is -7.81. The number of pyridine rings is 2. The Morgan fingerprint density at radius 2 is 1.19 bits per heavy atom. The van der Waals surface area contributed by atoms with Crippen molar-refractivity contribution in [3.63, 3.8) is 0 Å². The Morgan fingerprint density at radius 1 is 0.658 bits per heavy atom. The number of likely N-dealkylation sites (tertiary alicyclic amines) is 3. The lowest BCUT2D eigenvalue weighted by Gasteiger charge is -2.39. The van der Waals surface area contributed by atoms with Gasteiger partial charge in [0.15, 0.2) is 34.6 Å². The number of hydrogen-bond donors (Lipinski definition) is 4. The fraction of sp³-hybridized carbons (Fsp3) is 0.462. The first kappa shape index (κ1) is 55.9. The van der Waals surface area contributed by atoms with Crippen LogP contribution in [0.3, 0.4) is 0 Å². The number of imidazole rings is 2. The van der Waals surface area contributed by atoms with E-state index in [0.717, 1.165) is 17.6 Å². The molecule has 0 spiro atoms. The summed E-state index contributed by atoms with van der Waals surface area (Å²) < 4.78 is 105. The summed E-state index contributed by atoms with van der Waals surface area (Å²) in [5.41, 5.74) is 1.96. The maximum atomic E-state index is 14.6. The second kappa shape index (κ2) is 24.1. The molecule has 4 aliphatic heterocycles. The van der Waals surface area contributed by atoms with Crippen molar-refractivity contribution in [3.05, 3.63) is 128 Å². The van der Waals surface area contributed by atoms with Crippen LogP contribution in [0.2, 0.25) is 0 Å². The molecule has 422 valence electrons. The highest BCUT2D eigenvalue weighted by atomic mass is 19.4. The Bertz CT molecular complexity index is 3300. The van der Waals surface area contributed by atoms with Crippen LogP contribution in [0.25, 0.3) is 22.3 Å². The minimum atomic E-state index is -4.66. The average molecular weight is 1110 g/mol. The van der Waals surface area contributed by atoms with E-state index in [9.17, 15) is 59.5 Å². The highest BCUT2D eigenvalue weighted by molar-refractivity contribution is 5.89. The molecule has 4 saturated heterocycles. The second-order valence-corrected chi connectivity index (χ2v) is 20.0. The van der Waals surface area contributed by atoms with E-state index in [4.69, 9.17) is 4.74 Å². The number of alkyl halides is 3. The Morgan fingerprint density at radius 3 is 1.75 bits per heavy atom. The predicted octanol–water partition coefficient (Wildman–Crippen LogP) is 5.01. The number of amides is 6. The molecule has 2 aromatic carbocycles. The fourth-order valence-corrected chi connectivity index (χ4v) is 11.0. The maximum Gasteiger partial charge on any atom is 0.406 e. The number of ether oxygens (including phenoxy) is 1. The van der Waals surface area contributed by atoms with Crippen molar-refractivity contribution in [2.45, 2.75) is 74.9 Å². The molecule has 27 heteroatoms. The van der Waals surface area contributed by atoms with Gasteiger partial charge in [0, 0.05) is 109 Å². The zero-order valence-electron chi connectivity index (χ0n) is 42.9. The van der Waals surface area contributed by atoms with Crippen molar-refractivity contribution in [1.82, 2.24) is 64.2 Å². The Labute approximate surface area is 446 Å². The van der Waals surface area contributed by atoms with Gasteiger partial charge < -0.3 is 35.0 Å². The largest absolute Gasteiger partial charge is 0.406 e. The molecular weight excluding hydrogens is 1050 g/mol. The molecule has 0 bridgehead atoms. The van der Waals surface area contributed by atoms with E-state index in [0.29, 0.717) is 60.5 Å². The normalized spacial score (nSPS) is 20.1. The Kier molecular flexibility index (Phi) is 17.0. The number of fused-ring (bicyclic) bond motifs is 2. The molecule has 4 N–H and O–H groups in total. The molecule has 0 saturated carbocycles. The molecule has 3 unspecified atom stereocenters. The number of piperidine rings is 3. The van der Waals surface area contributed by atoms with Crippen LogP contribution >= 0.6 is 0 Å². The van der Waals surface area contributed by atoms with Crippen molar-refractivity contribution in [2.24, 2.45) is 0 Å². The number of H-pyrrole nitrogens is 2. The third kappa shape index (κ3) is 12.7. The summed E-state index contributed by atoms with van der Waals surface area (Å²) in [6.45, 7) is -0.179. The molecule has 4 fully saturated rings. The molecule has 79 heavy (non-hydrogen) atoms. The van der Waals surface area contributed by atoms with E-state index in [2.05, 4.69) is 30.6 Å². The highest BCUT2D eigenvalue weighted by Gasteiger charge is 2.41. The number of aromatic amines is 2. The fourth-order valence-electron chi connectivity index (χ4n) is 11.0. The van der Waals surface area contributed by atoms with E-state index >= 15 is 0 Å². The molecule has 6 amide bonds. The molecule has 4 aliphatic rings. The number of nitrogens with one attached hydrogen (secondary N) is 4. The van der Waals surface area contributed by atoms with Crippen LogP contribution in [-0.2, 0) is 20.9 Å². The number of urea groups is 2. The second-order valence-electron chi connectivity index (χ2n) is 20.0. The number of aromatic nitrogens is 6. The lowest BCUT2D eigenvalue weighted by molar-refractivity contribution is -0.161. The van der Waals surface area contributed by atoms with Gasteiger partial charge in [-0.15, -0.1) is 0 Å². The van der Waals surface area contributed by atoms with Crippen LogP contribution < -0.4 is 22.0 Å². The molecular formula is C52H58F7N13O7. The van der Waals surface area contributed by atoms with Gasteiger partial charge in [-0.1, -0.05) is 24.3 Å². The predicted molar refractivity (Wildman–Crippen MR) is 271 cm³/mol. The zero-order valence-corrected chi connectivity index (χ0v) is 42.9. The molecule has 3 atom stereocenters. The van der Waals surface area contributed by atoms with Crippen molar-refractivity contribution in [1.29, 1.82) is 0 Å². The molecule has 0 radical (unpaired) electrons. The molecule has 0 aliphatic carbocycles. The van der Waals surface area contributed by atoms with Gasteiger partial charge in [-0.2, -0.15) is 13.2 Å². The summed E-state index contributed by atoms with van der Waals surface area (Å²) >= 11 is 0. The van der Waals surface area contributed by atoms with Crippen LogP contribution in [0, 0.1) is 23.3 Å². The molecule has 8 heterocycles. The molecule has 4 aromatic heterocycles. The standard InChI is InChI=1S/C26H28F5N7O3.C26H30F2N6O4/c27-18-4-1-3-16(21(18)28)13-35-11-12-37(15-26(29,30)31)23(39)19(14-35)33-24(40)36-9-6-17(7-10-36)38-20-5-2-8-32-22(20)34-25(38)41;1-38-13-12-33-15-16(18-4-2-5-19(27)22(18)28)14-20(24(33)35)30-25(36)32-10-7-17(8-11-32)34-21-6-3-9-29-23(21)31-26(34)37/h1-5,8,17,19H,6-7,9-15H2,(H,33,40)(H,32,34,41);2-6,9,16-17,20H,7-8,10-15H2,1H3,(H,30,36)(H,29,31,37). The minimum Gasteiger partial charge on any atom is -0.383 e. The van der Waals surface area contributed by atoms with Gasteiger partial charge in [0.25, 0.3) is 0 Å². The Balaban J connectivity index is 0.000000192. The van der Waals surface area contributed by atoms with Crippen LogP contribution in [0.5, 0.6) is 0 Å². The van der Waals surface area contributed by atoms with Crippen LogP contribution in [0.4, 0.5) is 40.3 Å². The SMILES string of the molecule is COCCN1CC(c2cccc(F)c2F)CC(NC(=O)N2CCC(n3c(=O)[nH]c4ncccc43)CC2)C1=O.O=C(NC1CN(Cc2cccc(F)c2F)CCN(CC(F)(F)F)C1=O)N1CCC(n2c(=O)[nH]c3ncccc32)CC1. The number of halogens is 7. The number of benzene rings is 2. The van der Waals surface area contributed by atoms with E-state index in [-0.39, 0.29) is 106 Å². The van der Waals surface area contributed by atoms with E-state index in [1.165, 1.54) is 46.1 Å². The number of carbonyl (C=O) groups excluding carboxylic acids is 4. The summed E-state index contributed by atoms with van der Waals surface area (Å²) in [5, 5.41) is 5.38. The first-order chi connectivity index (χ1) is 37.9. The van der Waals surface area contributed by atoms with E-state index < -0.39 is 72.0 Å². The van der Waals surface area contributed by atoms with Gasteiger partial charge in [0.05, 0.1) is 17.6 Å². The van der Waals surface area contributed by atoms with Gasteiger partial charge in [-0.3, -0.25) is 33.6 Å². The number of hydrogen-bond acceptors (Lipinski definition) is 10. The highest BCUT2D eigenvalue weighted by Crippen LogP contribution is 2.32. The van der Waals surface area contributed by atoms with E-state index in [1.54, 1.807) is 44.6 Å².